The summed E-state index contributed by atoms with van der Waals surface area (Å²) in [4.78, 5) is 50.9. The number of amides is 3. The van der Waals surface area contributed by atoms with Crippen LogP contribution in [-0.4, -0.2) is 69.5 Å². The predicted octanol–water partition coefficient (Wildman–Crippen LogP) is 3.18. The van der Waals surface area contributed by atoms with Gasteiger partial charge in [-0.25, -0.2) is 14.0 Å². The summed E-state index contributed by atoms with van der Waals surface area (Å²) in [6, 6.07) is 5.04. The third kappa shape index (κ3) is 5.46. The highest BCUT2D eigenvalue weighted by molar-refractivity contribution is 6.00. The second-order valence-electron chi connectivity index (χ2n) is 12.0. The molecule has 1 saturated carbocycles. The first-order chi connectivity index (χ1) is 18.4. The zero-order valence-corrected chi connectivity index (χ0v) is 22.9. The summed E-state index contributed by atoms with van der Waals surface area (Å²) < 4.78 is 29.2. The number of ether oxygens (including phenoxy) is 2. The van der Waals surface area contributed by atoms with E-state index < -0.39 is 35.9 Å². The largest absolute Gasteiger partial charge is 0.444 e. The molecule has 3 aliphatic rings. The zero-order chi connectivity index (χ0) is 28.1. The van der Waals surface area contributed by atoms with Crippen molar-refractivity contribution in [3.63, 3.8) is 0 Å². The molecule has 212 valence electrons. The number of nitrogens with zero attached hydrogens (tertiary/aromatic N) is 3. The first-order valence-electron chi connectivity index (χ1n) is 13.7. The van der Waals surface area contributed by atoms with Crippen molar-refractivity contribution in [3.8, 4) is 0 Å². The summed E-state index contributed by atoms with van der Waals surface area (Å²) >= 11 is 0. The van der Waals surface area contributed by atoms with E-state index in [0.717, 1.165) is 23.9 Å². The monoisotopic (exact) mass is 544 g/mol. The topological polar surface area (TPSA) is 112 Å². The number of likely N-dealkylation sites (tertiary alicyclic amines) is 1. The van der Waals surface area contributed by atoms with Crippen molar-refractivity contribution in [2.45, 2.75) is 82.7 Å². The van der Waals surface area contributed by atoms with Gasteiger partial charge in [-0.05, 0) is 69.9 Å². The molecule has 1 aliphatic carbocycles. The van der Waals surface area contributed by atoms with Gasteiger partial charge >= 0.3 is 11.8 Å². The average Bonchev–Trinajstić information content (AvgIpc) is 3.08. The van der Waals surface area contributed by atoms with Crippen LogP contribution in [0.5, 0.6) is 0 Å². The van der Waals surface area contributed by atoms with E-state index in [1.54, 1.807) is 32.4 Å². The number of para-hydroxylation sites is 1. The minimum absolute atomic E-state index is 0.0347. The van der Waals surface area contributed by atoms with Gasteiger partial charge in [-0.1, -0.05) is 12.1 Å². The number of carbonyl (C=O) groups excluding carboxylic acids is 3. The Kier molecular flexibility index (Phi) is 7.30. The molecular weight excluding hydrogens is 507 g/mol. The summed E-state index contributed by atoms with van der Waals surface area (Å²) in [6.07, 6.45) is 0.306. The molecule has 3 fully saturated rings. The molecule has 5 rings (SSSR count). The Bertz CT molecular complexity index is 1340. The Morgan fingerprint density at radius 1 is 1.15 bits per heavy atom. The summed E-state index contributed by atoms with van der Waals surface area (Å²) in [7, 11) is 1.71. The van der Waals surface area contributed by atoms with E-state index in [1.807, 2.05) is 18.2 Å². The smallest absolute Gasteiger partial charge is 0.410 e. The minimum atomic E-state index is -1.27. The number of hydrogen-bond donors (Lipinski definition) is 1. The van der Waals surface area contributed by atoms with Crippen molar-refractivity contribution >= 4 is 28.9 Å². The van der Waals surface area contributed by atoms with Gasteiger partial charge in [0.2, 0.25) is 11.8 Å². The number of imide groups is 1. The third-order valence-electron chi connectivity index (χ3n) is 8.01. The molecular formula is C28H37FN4O6. The summed E-state index contributed by atoms with van der Waals surface area (Å²) in [5, 5.41) is 2.34. The van der Waals surface area contributed by atoms with Crippen LogP contribution in [0.25, 0.3) is 11.0 Å². The number of rotatable bonds is 5. The van der Waals surface area contributed by atoms with Crippen LogP contribution in [-0.2, 0) is 26.1 Å². The summed E-state index contributed by atoms with van der Waals surface area (Å²) in [6.45, 7) is 6.16. The molecule has 11 heteroatoms. The molecule has 2 aromatic rings. The second-order valence-corrected chi connectivity index (χ2v) is 12.0. The fraction of sp³-hybridized carbons (Fsp3) is 0.643. The normalized spacial score (nSPS) is 27.8. The zero-order valence-electron chi connectivity index (χ0n) is 22.9. The molecule has 3 heterocycles. The maximum Gasteiger partial charge on any atom is 0.410 e. The van der Waals surface area contributed by atoms with Gasteiger partial charge in [0, 0.05) is 26.6 Å². The highest BCUT2D eigenvalue weighted by Gasteiger charge is 2.38. The lowest BCUT2D eigenvalue weighted by atomic mass is 9.71. The lowest BCUT2D eigenvalue weighted by Gasteiger charge is -2.39. The number of aromatic nitrogens is 2. The molecule has 3 atom stereocenters. The Labute approximate surface area is 226 Å². The molecule has 3 amide bonds. The number of imidazole rings is 1. The predicted molar refractivity (Wildman–Crippen MR) is 141 cm³/mol. The Morgan fingerprint density at radius 3 is 2.56 bits per heavy atom. The number of carbonyl (C=O) groups is 3. The van der Waals surface area contributed by atoms with Gasteiger partial charge in [-0.2, -0.15) is 0 Å². The maximum absolute atomic E-state index is 14.8. The van der Waals surface area contributed by atoms with Crippen LogP contribution in [0, 0.1) is 5.92 Å². The van der Waals surface area contributed by atoms with Crippen LogP contribution in [0.1, 0.15) is 70.4 Å². The van der Waals surface area contributed by atoms with Crippen LogP contribution in [0.15, 0.2) is 23.0 Å². The molecule has 0 bridgehead atoms. The molecule has 1 aromatic carbocycles. The van der Waals surface area contributed by atoms with E-state index in [4.69, 9.17) is 9.47 Å². The van der Waals surface area contributed by atoms with Gasteiger partial charge < -0.3 is 14.4 Å². The minimum Gasteiger partial charge on any atom is -0.444 e. The number of aryl methyl sites for hydroxylation is 1. The Balaban J connectivity index is 1.19. The molecule has 2 saturated heterocycles. The van der Waals surface area contributed by atoms with E-state index in [9.17, 15) is 23.6 Å². The van der Waals surface area contributed by atoms with E-state index in [1.165, 1.54) is 9.47 Å². The number of alkyl halides is 1. The van der Waals surface area contributed by atoms with Crippen molar-refractivity contribution in [1.82, 2.24) is 19.4 Å². The number of piperidine rings is 2. The molecule has 1 N–H and O–H groups in total. The Morgan fingerprint density at radius 2 is 1.90 bits per heavy atom. The van der Waals surface area contributed by atoms with Crippen molar-refractivity contribution < 1.29 is 28.2 Å². The van der Waals surface area contributed by atoms with Gasteiger partial charge in [0.15, 0.2) is 0 Å². The van der Waals surface area contributed by atoms with Crippen molar-refractivity contribution in [1.29, 1.82) is 0 Å². The standard InChI is InChI=1S/C28H37FN4O6/c1-28(2,3)39-27(37)32-11-10-22(19(29)14-32)38-15-16-12-17(13-16)18-6-5-7-20-24(18)31(4)26(36)33(20)21-8-9-23(34)30-25(21)35/h5-7,16-17,19,21-22H,8-15H2,1-4H3,(H,30,34,35)/t16?,17?,19-,21?,22-/m0/s1. The van der Waals surface area contributed by atoms with E-state index in [-0.39, 0.29) is 36.4 Å². The lowest BCUT2D eigenvalue weighted by molar-refractivity contribution is -0.135. The van der Waals surface area contributed by atoms with Crippen molar-refractivity contribution in [3.05, 3.63) is 34.2 Å². The number of halogens is 1. The molecule has 0 radical (unpaired) electrons. The summed E-state index contributed by atoms with van der Waals surface area (Å²) in [5.41, 5.74) is 1.63. The van der Waals surface area contributed by atoms with Crippen LogP contribution < -0.4 is 11.0 Å². The number of nitrogens with one attached hydrogen (secondary N) is 1. The molecule has 1 unspecified atom stereocenters. The van der Waals surface area contributed by atoms with Crippen LogP contribution in [0.4, 0.5) is 9.18 Å². The van der Waals surface area contributed by atoms with Crippen LogP contribution >= 0.6 is 0 Å². The van der Waals surface area contributed by atoms with Gasteiger partial charge in [-0.3, -0.25) is 24.0 Å². The van der Waals surface area contributed by atoms with E-state index in [0.29, 0.717) is 31.5 Å². The lowest BCUT2D eigenvalue weighted by Crippen LogP contribution is -2.50. The third-order valence-corrected chi connectivity index (χ3v) is 8.01. The fourth-order valence-electron chi connectivity index (χ4n) is 5.98. The van der Waals surface area contributed by atoms with Crippen LogP contribution in [0.3, 0.4) is 0 Å². The summed E-state index contributed by atoms with van der Waals surface area (Å²) in [5.74, 6) is -0.271. The van der Waals surface area contributed by atoms with Gasteiger partial charge in [0.1, 0.15) is 17.8 Å². The van der Waals surface area contributed by atoms with Gasteiger partial charge in [0.25, 0.3) is 0 Å². The number of fused-ring (bicyclic) bond motifs is 1. The first kappa shape index (κ1) is 27.4. The molecule has 39 heavy (non-hydrogen) atoms. The average molecular weight is 545 g/mol. The molecule has 2 aliphatic heterocycles. The SMILES string of the molecule is Cn1c(=O)n(C2CCC(=O)NC2=O)c2cccc(C3CC(CO[C@H]4CCN(C(=O)OC(C)(C)C)C[C@@H]4F)C3)c21. The quantitative estimate of drug-likeness (QED) is 0.579. The van der Waals surface area contributed by atoms with E-state index in [2.05, 4.69) is 5.32 Å². The second kappa shape index (κ2) is 10.4. The number of hydrogen-bond acceptors (Lipinski definition) is 6. The van der Waals surface area contributed by atoms with Crippen molar-refractivity contribution in [2.24, 2.45) is 13.0 Å². The fourth-order valence-corrected chi connectivity index (χ4v) is 5.98. The van der Waals surface area contributed by atoms with Crippen molar-refractivity contribution in [2.75, 3.05) is 19.7 Å². The first-order valence-corrected chi connectivity index (χ1v) is 13.7. The molecule has 10 nitrogen and oxygen atoms in total. The molecule has 1 aromatic heterocycles. The van der Waals surface area contributed by atoms with Gasteiger partial charge in [-0.15, -0.1) is 0 Å². The highest BCUT2D eigenvalue weighted by atomic mass is 19.1. The maximum atomic E-state index is 14.8. The number of benzene rings is 1. The highest BCUT2D eigenvalue weighted by Crippen LogP contribution is 2.44. The molecule has 0 spiro atoms. The van der Waals surface area contributed by atoms with Crippen LogP contribution in [0.2, 0.25) is 0 Å². The van der Waals surface area contributed by atoms with E-state index >= 15 is 0 Å². The Hall–Kier alpha value is -3.21. The van der Waals surface area contributed by atoms with Gasteiger partial charge in [0.05, 0.1) is 23.7 Å².